The normalized spacial score (nSPS) is 15.4. The molecule has 0 N–H and O–H groups in total. The Morgan fingerprint density at radius 2 is 2.03 bits per heavy atom. The van der Waals surface area contributed by atoms with Crippen molar-refractivity contribution in [3.05, 3.63) is 60.8 Å². The highest BCUT2D eigenvalue weighted by Gasteiger charge is 2.27. The Morgan fingerprint density at radius 1 is 1.17 bits per heavy atom. The third kappa shape index (κ3) is 3.69. The van der Waals surface area contributed by atoms with Crippen molar-refractivity contribution in [1.82, 2.24) is 19.7 Å². The lowest BCUT2D eigenvalue weighted by Gasteiger charge is -2.25. The Bertz CT molecular complexity index is 1220. The predicted octanol–water partition coefficient (Wildman–Crippen LogP) is 3.71. The SMILES string of the molecule is COc1cc(F)cc(N(C[C@H]2CO2)c2ccc3ncc(-c4cnn(C)c4)nc3c2)c1. The summed E-state index contributed by atoms with van der Waals surface area (Å²) in [5.74, 6) is 0.108. The predicted molar refractivity (Wildman–Crippen MR) is 111 cm³/mol. The van der Waals surface area contributed by atoms with Crippen molar-refractivity contribution in [2.75, 3.05) is 25.2 Å². The summed E-state index contributed by atoms with van der Waals surface area (Å²) in [5, 5.41) is 4.20. The van der Waals surface area contributed by atoms with Gasteiger partial charge in [0, 0.05) is 42.3 Å². The third-order valence-electron chi connectivity index (χ3n) is 5.03. The van der Waals surface area contributed by atoms with E-state index in [1.54, 1.807) is 17.1 Å². The van der Waals surface area contributed by atoms with Gasteiger partial charge < -0.3 is 14.4 Å². The molecule has 0 spiro atoms. The van der Waals surface area contributed by atoms with Crippen LogP contribution in [0.15, 0.2) is 55.0 Å². The summed E-state index contributed by atoms with van der Waals surface area (Å²) in [5.41, 5.74) is 4.75. The summed E-state index contributed by atoms with van der Waals surface area (Å²) in [6.45, 7) is 1.30. The van der Waals surface area contributed by atoms with Crippen LogP contribution in [0.3, 0.4) is 0 Å². The molecule has 2 aromatic carbocycles. The zero-order valence-electron chi connectivity index (χ0n) is 16.6. The van der Waals surface area contributed by atoms with Crippen LogP contribution in [0.25, 0.3) is 22.3 Å². The quantitative estimate of drug-likeness (QED) is 0.456. The maximum absolute atomic E-state index is 14.2. The Labute approximate surface area is 172 Å². The van der Waals surface area contributed by atoms with Crippen molar-refractivity contribution in [1.29, 1.82) is 0 Å². The summed E-state index contributed by atoms with van der Waals surface area (Å²) < 4.78 is 26.6. The van der Waals surface area contributed by atoms with Crippen molar-refractivity contribution in [2.24, 2.45) is 7.05 Å². The standard InChI is InChI=1S/C22H20FN5O2/c1-27-11-14(9-25-27)22-10-24-20-4-3-16(8-21(20)26-22)28(12-19-13-30-19)17-5-15(23)6-18(7-17)29-2/h3-11,19H,12-13H2,1-2H3/t19-/m0/s1. The van der Waals surface area contributed by atoms with Crippen LogP contribution in [0, 0.1) is 5.82 Å². The number of methoxy groups -OCH3 is 1. The van der Waals surface area contributed by atoms with E-state index in [0.717, 1.165) is 28.0 Å². The van der Waals surface area contributed by atoms with Crippen LogP contribution in [0.1, 0.15) is 0 Å². The molecule has 4 aromatic rings. The van der Waals surface area contributed by atoms with Crippen molar-refractivity contribution < 1.29 is 13.9 Å². The second-order valence-corrected chi connectivity index (χ2v) is 7.25. The van der Waals surface area contributed by atoms with Gasteiger partial charge in [0.2, 0.25) is 0 Å². The highest BCUT2D eigenvalue weighted by molar-refractivity contribution is 5.82. The van der Waals surface area contributed by atoms with E-state index >= 15 is 0 Å². The van der Waals surface area contributed by atoms with Crippen molar-refractivity contribution in [3.63, 3.8) is 0 Å². The lowest BCUT2D eigenvalue weighted by molar-refractivity contribution is 0.408. The molecule has 1 aliphatic rings. The second kappa shape index (κ2) is 7.38. The summed E-state index contributed by atoms with van der Waals surface area (Å²) in [6, 6.07) is 10.5. The van der Waals surface area contributed by atoms with Gasteiger partial charge >= 0.3 is 0 Å². The molecule has 1 fully saturated rings. The number of hydrogen-bond acceptors (Lipinski definition) is 6. The van der Waals surface area contributed by atoms with E-state index in [2.05, 4.69) is 10.1 Å². The molecule has 1 saturated heterocycles. The summed E-state index contributed by atoms with van der Waals surface area (Å²) in [6.07, 6.45) is 5.51. The van der Waals surface area contributed by atoms with Crippen LogP contribution in [-0.4, -0.2) is 46.1 Å². The number of rotatable bonds is 6. The first-order valence-electron chi connectivity index (χ1n) is 9.58. The third-order valence-corrected chi connectivity index (χ3v) is 5.03. The van der Waals surface area contributed by atoms with E-state index in [1.807, 2.05) is 42.4 Å². The first-order chi connectivity index (χ1) is 14.6. The van der Waals surface area contributed by atoms with Gasteiger partial charge in [-0.05, 0) is 24.3 Å². The minimum absolute atomic E-state index is 0.114. The van der Waals surface area contributed by atoms with E-state index in [9.17, 15) is 4.39 Å². The average Bonchev–Trinajstić information content (AvgIpc) is 3.48. The fourth-order valence-corrected chi connectivity index (χ4v) is 3.42. The second-order valence-electron chi connectivity index (χ2n) is 7.25. The monoisotopic (exact) mass is 405 g/mol. The van der Waals surface area contributed by atoms with Crippen LogP contribution >= 0.6 is 0 Å². The molecule has 0 aliphatic carbocycles. The number of nitrogens with zero attached hydrogens (tertiary/aromatic N) is 5. The van der Waals surface area contributed by atoms with E-state index in [-0.39, 0.29) is 11.9 Å². The largest absolute Gasteiger partial charge is 0.497 e. The van der Waals surface area contributed by atoms with Gasteiger partial charge in [0.15, 0.2) is 0 Å². The number of hydrogen-bond donors (Lipinski definition) is 0. The van der Waals surface area contributed by atoms with Crippen molar-refractivity contribution >= 4 is 22.4 Å². The Balaban J connectivity index is 1.58. The highest BCUT2D eigenvalue weighted by atomic mass is 19.1. The molecule has 5 rings (SSSR count). The molecule has 0 unspecified atom stereocenters. The van der Waals surface area contributed by atoms with Crippen LogP contribution in [0.5, 0.6) is 5.75 Å². The van der Waals surface area contributed by atoms with Gasteiger partial charge in [-0.1, -0.05) is 0 Å². The summed E-state index contributed by atoms with van der Waals surface area (Å²) in [7, 11) is 3.39. The van der Waals surface area contributed by atoms with Crippen molar-refractivity contribution in [3.8, 4) is 17.0 Å². The number of halogens is 1. The number of ether oxygens (including phenoxy) is 2. The maximum atomic E-state index is 14.2. The first-order valence-corrected chi connectivity index (χ1v) is 9.58. The van der Waals surface area contributed by atoms with Gasteiger partial charge in [0.05, 0.1) is 55.5 Å². The number of fused-ring (bicyclic) bond motifs is 1. The molecule has 1 atom stereocenters. The van der Waals surface area contributed by atoms with Crippen molar-refractivity contribution in [2.45, 2.75) is 6.10 Å². The van der Waals surface area contributed by atoms with Gasteiger partial charge in [-0.25, -0.2) is 9.37 Å². The smallest absolute Gasteiger partial charge is 0.128 e. The lowest BCUT2D eigenvalue weighted by Crippen LogP contribution is -2.22. The number of epoxide rings is 1. The molecule has 8 heteroatoms. The van der Waals surface area contributed by atoms with Crippen LogP contribution in [0.2, 0.25) is 0 Å². The fourth-order valence-electron chi connectivity index (χ4n) is 3.42. The number of anilines is 2. The molecule has 7 nitrogen and oxygen atoms in total. The number of aromatic nitrogens is 4. The van der Waals surface area contributed by atoms with E-state index < -0.39 is 0 Å². The molecule has 30 heavy (non-hydrogen) atoms. The molecule has 152 valence electrons. The average molecular weight is 405 g/mol. The Morgan fingerprint density at radius 3 is 2.77 bits per heavy atom. The molecule has 0 radical (unpaired) electrons. The van der Waals surface area contributed by atoms with Gasteiger partial charge in [-0.15, -0.1) is 0 Å². The lowest BCUT2D eigenvalue weighted by atomic mass is 10.2. The fraction of sp³-hybridized carbons (Fsp3) is 0.227. The number of aryl methyl sites for hydroxylation is 1. The minimum atomic E-state index is -0.356. The Kier molecular flexibility index (Phi) is 4.55. The molecular weight excluding hydrogens is 385 g/mol. The highest BCUT2D eigenvalue weighted by Crippen LogP contribution is 2.33. The topological polar surface area (TPSA) is 68.6 Å². The Hall–Kier alpha value is -3.52. The number of benzene rings is 2. The van der Waals surface area contributed by atoms with Crippen LogP contribution in [-0.2, 0) is 11.8 Å². The van der Waals surface area contributed by atoms with Gasteiger partial charge in [0.25, 0.3) is 0 Å². The van der Waals surface area contributed by atoms with Gasteiger partial charge in [0.1, 0.15) is 11.6 Å². The van der Waals surface area contributed by atoms with Crippen LogP contribution in [0.4, 0.5) is 15.8 Å². The molecule has 1 aliphatic heterocycles. The minimum Gasteiger partial charge on any atom is -0.497 e. The summed E-state index contributed by atoms with van der Waals surface area (Å²) in [4.78, 5) is 11.3. The van der Waals surface area contributed by atoms with E-state index in [1.165, 1.54) is 19.2 Å². The molecular formula is C22H20FN5O2. The van der Waals surface area contributed by atoms with Crippen LogP contribution < -0.4 is 9.64 Å². The first kappa shape index (κ1) is 18.5. The zero-order valence-corrected chi connectivity index (χ0v) is 16.6. The zero-order chi connectivity index (χ0) is 20.7. The molecule has 2 aromatic heterocycles. The molecule has 3 heterocycles. The maximum Gasteiger partial charge on any atom is 0.128 e. The summed E-state index contributed by atoms with van der Waals surface area (Å²) >= 11 is 0. The molecule has 0 bridgehead atoms. The van der Waals surface area contributed by atoms with Gasteiger partial charge in [-0.2, -0.15) is 5.10 Å². The van der Waals surface area contributed by atoms with E-state index in [4.69, 9.17) is 14.5 Å². The molecule has 0 saturated carbocycles. The van der Waals surface area contributed by atoms with E-state index in [0.29, 0.717) is 24.6 Å². The van der Waals surface area contributed by atoms with Gasteiger partial charge in [-0.3, -0.25) is 9.67 Å². The molecule has 0 amide bonds.